The van der Waals surface area contributed by atoms with E-state index in [1.165, 1.54) is 5.69 Å². The van der Waals surface area contributed by atoms with Gasteiger partial charge in [-0.1, -0.05) is 13.8 Å². The highest BCUT2D eigenvalue weighted by Crippen LogP contribution is 2.43. The second kappa shape index (κ2) is 9.22. The summed E-state index contributed by atoms with van der Waals surface area (Å²) in [5.41, 5.74) is 2.37. The van der Waals surface area contributed by atoms with Gasteiger partial charge in [0.2, 0.25) is 0 Å². The molecule has 2 amide bonds. The highest BCUT2D eigenvalue weighted by Gasteiger charge is 2.47. The van der Waals surface area contributed by atoms with Crippen LogP contribution >= 0.6 is 0 Å². The molecule has 0 saturated carbocycles. The maximum absolute atomic E-state index is 13.2. The summed E-state index contributed by atoms with van der Waals surface area (Å²) >= 11 is 0. The van der Waals surface area contributed by atoms with E-state index >= 15 is 0 Å². The molecule has 0 unspecified atom stereocenters. The summed E-state index contributed by atoms with van der Waals surface area (Å²) in [6, 6.07) is 9.10. The molecule has 0 spiro atoms. The summed E-state index contributed by atoms with van der Waals surface area (Å²) in [5, 5.41) is 3.26. The van der Waals surface area contributed by atoms with Crippen LogP contribution in [0.15, 0.2) is 24.3 Å². The topological polar surface area (TPSA) is 82.2 Å². The number of carbonyl (C=O) groups excluding carboxylic acids is 1. The zero-order valence-corrected chi connectivity index (χ0v) is 21.2. The van der Waals surface area contributed by atoms with E-state index in [4.69, 9.17) is 4.74 Å². The van der Waals surface area contributed by atoms with E-state index < -0.39 is 9.84 Å². The fourth-order valence-corrected chi connectivity index (χ4v) is 7.42. The van der Waals surface area contributed by atoms with Gasteiger partial charge >= 0.3 is 6.03 Å². The lowest BCUT2D eigenvalue weighted by Crippen LogP contribution is -2.55. The molecule has 0 radical (unpaired) electrons. The minimum atomic E-state index is -2.89. The van der Waals surface area contributed by atoms with E-state index in [0.29, 0.717) is 19.0 Å². The van der Waals surface area contributed by atoms with Gasteiger partial charge < -0.3 is 24.8 Å². The molecule has 1 aromatic rings. The van der Waals surface area contributed by atoms with Crippen LogP contribution in [0.3, 0.4) is 0 Å². The molecule has 2 atom stereocenters. The third-order valence-electron chi connectivity index (χ3n) is 8.15. The van der Waals surface area contributed by atoms with Gasteiger partial charge in [0, 0.05) is 63.4 Å². The average molecular weight is 491 g/mol. The van der Waals surface area contributed by atoms with Crippen LogP contribution in [0.5, 0.6) is 0 Å². The number of nitrogens with one attached hydrogen (secondary N) is 1. The third kappa shape index (κ3) is 5.00. The molecule has 1 aromatic carbocycles. The quantitative estimate of drug-likeness (QED) is 0.701. The number of anilines is 2. The van der Waals surface area contributed by atoms with Crippen molar-refractivity contribution in [3.63, 3.8) is 0 Å². The summed E-state index contributed by atoms with van der Waals surface area (Å²) in [6.07, 6.45) is 2.90. The number of carbonyl (C=O) groups is 1. The maximum Gasteiger partial charge on any atom is 0.317 e. The summed E-state index contributed by atoms with van der Waals surface area (Å²) in [7, 11) is -2.89. The van der Waals surface area contributed by atoms with Crippen LogP contribution in [0.4, 0.5) is 16.2 Å². The van der Waals surface area contributed by atoms with Crippen LogP contribution < -0.4 is 15.1 Å². The summed E-state index contributed by atoms with van der Waals surface area (Å²) in [5.74, 6) is 0.885. The fraction of sp³-hybridized carbons (Fsp3) is 0.720. The first-order valence-electron chi connectivity index (χ1n) is 12.7. The summed E-state index contributed by atoms with van der Waals surface area (Å²) < 4.78 is 29.0. The van der Waals surface area contributed by atoms with Gasteiger partial charge in [-0.15, -0.1) is 0 Å². The number of sulfone groups is 1. The molecule has 9 heteroatoms. The van der Waals surface area contributed by atoms with Crippen molar-refractivity contribution in [2.45, 2.75) is 45.2 Å². The number of hydrogen-bond acceptors (Lipinski definition) is 6. The predicted molar refractivity (Wildman–Crippen MR) is 134 cm³/mol. The van der Waals surface area contributed by atoms with Gasteiger partial charge in [-0.25, -0.2) is 13.2 Å². The van der Waals surface area contributed by atoms with Gasteiger partial charge in [0.25, 0.3) is 0 Å². The van der Waals surface area contributed by atoms with Crippen LogP contribution in [-0.4, -0.2) is 88.9 Å². The Balaban J connectivity index is 1.29. The lowest BCUT2D eigenvalue weighted by atomic mass is 9.73. The number of rotatable bonds is 3. The Hall–Kier alpha value is -2.00. The average Bonchev–Trinajstić information content (AvgIpc) is 3.07. The highest BCUT2D eigenvalue weighted by molar-refractivity contribution is 7.91. The minimum Gasteiger partial charge on any atom is -0.381 e. The van der Waals surface area contributed by atoms with Crippen LogP contribution in [0.2, 0.25) is 0 Å². The van der Waals surface area contributed by atoms with Crippen LogP contribution in [0.25, 0.3) is 0 Å². The number of amides is 2. The van der Waals surface area contributed by atoms with Gasteiger partial charge in [0.05, 0.1) is 17.5 Å². The Morgan fingerprint density at radius 2 is 1.65 bits per heavy atom. The molecule has 5 aliphatic heterocycles. The van der Waals surface area contributed by atoms with Crippen molar-refractivity contribution in [3.8, 4) is 0 Å². The molecule has 8 nitrogen and oxygen atoms in total. The molecule has 0 aromatic heterocycles. The van der Waals surface area contributed by atoms with Gasteiger partial charge in [-0.05, 0) is 54.9 Å². The van der Waals surface area contributed by atoms with E-state index in [1.54, 1.807) is 0 Å². The molecule has 1 N–H and O–H groups in total. The molecule has 5 aliphatic rings. The number of fused-ring (bicyclic) bond motifs is 4. The Bertz CT molecular complexity index is 977. The van der Waals surface area contributed by atoms with E-state index in [2.05, 4.69) is 53.2 Å². The number of benzene rings is 1. The number of ether oxygens (including phenoxy) is 1. The monoisotopic (exact) mass is 490 g/mol. The van der Waals surface area contributed by atoms with Crippen molar-refractivity contribution >= 4 is 27.2 Å². The molecule has 0 aliphatic carbocycles. The van der Waals surface area contributed by atoms with E-state index in [0.717, 1.165) is 57.8 Å². The van der Waals surface area contributed by atoms with Crippen LogP contribution in [0, 0.1) is 11.3 Å². The number of nitrogens with zero attached hydrogens (tertiary/aromatic N) is 3. The van der Waals surface area contributed by atoms with Crippen molar-refractivity contribution in [1.29, 1.82) is 0 Å². The van der Waals surface area contributed by atoms with Gasteiger partial charge in [0.1, 0.15) is 0 Å². The smallest absolute Gasteiger partial charge is 0.317 e. The summed E-state index contributed by atoms with van der Waals surface area (Å²) in [4.78, 5) is 19.9. The fourth-order valence-electron chi connectivity index (χ4n) is 6.22. The molecule has 188 valence electrons. The maximum atomic E-state index is 13.2. The molecule has 2 bridgehead atoms. The number of piperidine rings is 1. The lowest BCUT2D eigenvalue weighted by molar-refractivity contribution is 0.0779. The molecular weight excluding hydrogens is 452 g/mol. The van der Waals surface area contributed by atoms with Gasteiger partial charge in [-0.3, -0.25) is 0 Å². The second-order valence-corrected chi connectivity index (χ2v) is 13.4. The van der Waals surface area contributed by atoms with E-state index in [-0.39, 0.29) is 35.0 Å². The molecule has 34 heavy (non-hydrogen) atoms. The molecular formula is C25H38N4O4S. The SMILES string of the molecule is CC1(C)C[C@@H]2CN(C(=O)NC3CCOCC3)C[C@H]1N(c1ccc(N3CCS(=O)(=O)CC3)cc1)C2. The van der Waals surface area contributed by atoms with Crippen LogP contribution in [0.1, 0.15) is 33.1 Å². The van der Waals surface area contributed by atoms with E-state index in [9.17, 15) is 13.2 Å². The number of hydrogen-bond donors (Lipinski definition) is 1. The number of urea groups is 1. The zero-order chi connectivity index (χ0) is 23.9. The van der Waals surface area contributed by atoms with Crippen molar-refractivity contribution < 1.29 is 17.9 Å². The van der Waals surface area contributed by atoms with Crippen molar-refractivity contribution in [2.24, 2.45) is 11.3 Å². The largest absolute Gasteiger partial charge is 0.381 e. The first kappa shape index (κ1) is 23.7. The lowest BCUT2D eigenvalue weighted by Gasteiger charge is -2.48. The standard InChI is InChI=1S/C25H38N4O4S/c1-25(2)15-19-16-28(24(30)26-20-7-11-33-12-8-20)18-23(25)29(17-19)22-5-3-21(4-6-22)27-9-13-34(31,32)14-10-27/h3-6,19-20,23H,7-18H2,1-2H3,(H,26,30)/t19-,23-/m1/s1. The van der Waals surface area contributed by atoms with Gasteiger partial charge in [0.15, 0.2) is 9.84 Å². The molecule has 5 saturated heterocycles. The molecule has 5 heterocycles. The Morgan fingerprint density at radius 3 is 2.32 bits per heavy atom. The van der Waals surface area contributed by atoms with Gasteiger partial charge in [-0.2, -0.15) is 0 Å². The highest BCUT2D eigenvalue weighted by atomic mass is 32.2. The Labute approximate surface area is 203 Å². The zero-order valence-electron chi connectivity index (χ0n) is 20.4. The Morgan fingerprint density at radius 1 is 1.00 bits per heavy atom. The van der Waals surface area contributed by atoms with E-state index in [1.807, 2.05) is 4.90 Å². The summed E-state index contributed by atoms with van der Waals surface area (Å²) in [6.45, 7) is 9.70. The first-order chi connectivity index (χ1) is 16.2. The Kier molecular flexibility index (Phi) is 6.44. The van der Waals surface area contributed by atoms with Crippen molar-refractivity contribution in [3.05, 3.63) is 24.3 Å². The van der Waals surface area contributed by atoms with Crippen molar-refractivity contribution in [1.82, 2.24) is 10.2 Å². The minimum absolute atomic E-state index is 0.0665. The van der Waals surface area contributed by atoms with Crippen molar-refractivity contribution in [2.75, 3.05) is 67.2 Å². The van der Waals surface area contributed by atoms with Crippen LogP contribution in [-0.2, 0) is 14.6 Å². The second-order valence-electron chi connectivity index (χ2n) is 11.1. The molecule has 5 fully saturated rings. The first-order valence-corrected chi connectivity index (χ1v) is 14.5. The predicted octanol–water partition coefficient (Wildman–Crippen LogP) is 2.35. The third-order valence-corrected chi connectivity index (χ3v) is 9.76. The normalized spacial score (nSPS) is 29.1. The molecule has 6 rings (SSSR count).